The Bertz CT molecular complexity index is 618. The van der Waals surface area contributed by atoms with E-state index in [1.807, 2.05) is 0 Å². The summed E-state index contributed by atoms with van der Waals surface area (Å²) in [6.45, 7) is 19.0. The zero-order chi connectivity index (χ0) is 22.1. The standard InChI is InChI=1S/C30H54Si/c1-18-16-26-27(29(18)31(6,7)30-21(4)19(2)20(3)22(30)5)17-24-14-11-15-25(24)28(26)23-12-9-8-10-13-23/h18-30H,8-17H2,1-7H3. The smallest absolute Gasteiger partial charge is 0.0546 e. The summed E-state index contributed by atoms with van der Waals surface area (Å²) in [6.07, 6.45) is 15.8. The van der Waals surface area contributed by atoms with Crippen LogP contribution in [-0.2, 0) is 0 Å². The Morgan fingerprint density at radius 3 is 1.77 bits per heavy atom. The number of rotatable bonds is 3. The Balaban J connectivity index is 1.46. The van der Waals surface area contributed by atoms with Crippen LogP contribution in [0.2, 0.25) is 24.2 Å². The number of hydrogen-bond acceptors (Lipinski definition) is 0. The van der Waals surface area contributed by atoms with Crippen molar-refractivity contribution < 1.29 is 0 Å². The Labute approximate surface area is 196 Å². The molecular formula is C30H54Si. The third-order valence-corrected chi connectivity index (χ3v) is 18.6. The summed E-state index contributed by atoms with van der Waals surface area (Å²) < 4.78 is 0. The molecule has 178 valence electrons. The predicted molar refractivity (Wildman–Crippen MR) is 138 cm³/mol. The van der Waals surface area contributed by atoms with Crippen molar-refractivity contribution in [1.29, 1.82) is 0 Å². The van der Waals surface area contributed by atoms with E-state index < -0.39 is 8.07 Å². The topological polar surface area (TPSA) is 0 Å². The molecule has 0 spiro atoms. The highest BCUT2D eigenvalue weighted by atomic mass is 28.3. The first-order valence-corrected chi connectivity index (χ1v) is 17.9. The van der Waals surface area contributed by atoms with Gasteiger partial charge in [-0.25, -0.2) is 0 Å². The highest BCUT2D eigenvalue weighted by Gasteiger charge is 2.61. The normalized spacial score (nSPS) is 53.5. The molecule has 0 aromatic rings. The van der Waals surface area contributed by atoms with Gasteiger partial charge < -0.3 is 0 Å². The van der Waals surface area contributed by atoms with E-state index in [1.54, 1.807) is 57.8 Å². The first kappa shape index (κ1) is 23.0. The third-order valence-electron chi connectivity index (χ3n) is 13.1. The van der Waals surface area contributed by atoms with Crippen LogP contribution in [0.4, 0.5) is 0 Å². The van der Waals surface area contributed by atoms with E-state index in [0.29, 0.717) is 0 Å². The van der Waals surface area contributed by atoms with Gasteiger partial charge in [-0.2, -0.15) is 0 Å². The minimum absolute atomic E-state index is 0.930. The van der Waals surface area contributed by atoms with Crippen molar-refractivity contribution >= 4 is 8.07 Å². The molecule has 0 saturated heterocycles. The van der Waals surface area contributed by atoms with E-state index in [2.05, 4.69) is 47.7 Å². The van der Waals surface area contributed by atoms with Crippen LogP contribution in [0.5, 0.6) is 0 Å². The van der Waals surface area contributed by atoms with Gasteiger partial charge in [0.25, 0.3) is 0 Å². The fourth-order valence-corrected chi connectivity index (χ4v) is 18.8. The molecule has 5 saturated carbocycles. The molecule has 1 heteroatoms. The first-order chi connectivity index (χ1) is 14.7. The van der Waals surface area contributed by atoms with Crippen LogP contribution in [-0.4, -0.2) is 8.07 Å². The lowest BCUT2D eigenvalue weighted by molar-refractivity contribution is 0.0158. The van der Waals surface area contributed by atoms with Crippen molar-refractivity contribution in [3.05, 3.63) is 0 Å². The van der Waals surface area contributed by atoms with Gasteiger partial charge in [0.05, 0.1) is 8.07 Å². The van der Waals surface area contributed by atoms with Gasteiger partial charge >= 0.3 is 0 Å². The maximum atomic E-state index is 2.88. The Morgan fingerprint density at radius 1 is 0.516 bits per heavy atom. The van der Waals surface area contributed by atoms with Crippen LogP contribution in [0.3, 0.4) is 0 Å². The van der Waals surface area contributed by atoms with Crippen LogP contribution >= 0.6 is 0 Å². The summed E-state index contributed by atoms with van der Waals surface area (Å²) in [6, 6.07) is 0. The Kier molecular flexibility index (Phi) is 6.27. The van der Waals surface area contributed by atoms with Crippen molar-refractivity contribution in [3.8, 4) is 0 Å². The molecule has 0 heterocycles. The molecule has 5 rings (SSSR count). The second-order valence-corrected chi connectivity index (χ2v) is 19.4. The largest absolute Gasteiger partial charge is 0.0689 e. The van der Waals surface area contributed by atoms with Crippen molar-refractivity contribution in [2.24, 2.45) is 65.1 Å². The van der Waals surface area contributed by atoms with Gasteiger partial charge in [0.2, 0.25) is 0 Å². The van der Waals surface area contributed by atoms with Crippen LogP contribution < -0.4 is 0 Å². The molecule has 0 bridgehead atoms. The summed E-state index contributed by atoms with van der Waals surface area (Å²) in [5.41, 5.74) is 2.16. The van der Waals surface area contributed by atoms with Gasteiger partial charge in [-0.1, -0.05) is 92.7 Å². The van der Waals surface area contributed by atoms with E-state index in [9.17, 15) is 0 Å². The first-order valence-electron chi connectivity index (χ1n) is 14.7. The van der Waals surface area contributed by atoms with E-state index in [1.165, 1.54) is 6.42 Å². The highest BCUT2D eigenvalue weighted by molar-refractivity contribution is 6.80. The van der Waals surface area contributed by atoms with Gasteiger partial charge in [-0.05, 0) is 95.4 Å². The summed E-state index contributed by atoms with van der Waals surface area (Å²) >= 11 is 0. The van der Waals surface area contributed by atoms with Crippen LogP contribution in [0.15, 0.2) is 0 Å². The lowest BCUT2D eigenvalue weighted by atomic mass is 9.58. The fourth-order valence-electron chi connectivity index (χ4n) is 11.9. The van der Waals surface area contributed by atoms with Crippen LogP contribution in [0, 0.1) is 65.1 Å². The molecule has 0 amide bonds. The van der Waals surface area contributed by atoms with Crippen molar-refractivity contribution in [2.75, 3.05) is 0 Å². The SMILES string of the molecule is CC1CC2C(CC3CCCC3C2C2CCCCC2)C1[Si](C)(C)C1C(C)C(C)C(C)C1C. The molecule has 11 atom stereocenters. The maximum absolute atomic E-state index is 2.88. The summed E-state index contributed by atoms with van der Waals surface area (Å²) in [7, 11) is -1.34. The third kappa shape index (κ3) is 3.56. The van der Waals surface area contributed by atoms with Gasteiger partial charge in [-0.15, -0.1) is 0 Å². The highest BCUT2D eigenvalue weighted by Crippen LogP contribution is 2.68. The maximum Gasteiger partial charge on any atom is 0.0546 e. The monoisotopic (exact) mass is 442 g/mol. The van der Waals surface area contributed by atoms with E-state index in [-0.39, 0.29) is 0 Å². The molecule has 5 aliphatic carbocycles. The average molecular weight is 443 g/mol. The van der Waals surface area contributed by atoms with Gasteiger partial charge in [0.1, 0.15) is 0 Å². The van der Waals surface area contributed by atoms with Crippen LogP contribution in [0.1, 0.15) is 98.8 Å². The van der Waals surface area contributed by atoms with Crippen molar-refractivity contribution in [1.82, 2.24) is 0 Å². The molecule has 5 aliphatic rings. The quantitative estimate of drug-likeness (QED) is 0.382. The second-order valence-electron chi connectivity index (χ2n) is 14.4. The summed E-state index contributed by atoms with van der Waals surface area (Å²) in [5.74, 6) is 11.5. The molecule has 5 fully saturated rings. The molecule has 0 N–H and O–H groups in total. The van der Waals surface area contributed by atoms with E-state index in [4.69, 9.17) is 0 Å². The Hall–Kier alpha value is 0.217. The number of hydrogen-bond donors (Lipinski definition) is 0. The van der Waals surface area contributed by atoms with Crippen molar-refractivity contribution in [3.63, 3.8) is 0 Å². The minimum atomic E-state index is -1.34. The van der Waals surface area contributed by atoms with Crippen LogP contribution in [0.25, 0.3) is 0 Å². The van der Waals surface area contributed by atoms with Crippen molar-refractivity contribution in [2.45, 2.75) is 123 Å². The van der Waals surface area contributed by atoms with E-state index in [0.717, 1.165) is 76.2 Å². The summed E-state index contributed by atoms with van der Waals surface area (Å²) in [5, 5.41) is 0. The van der Waals surface area contributed by atoms with Gasteiger partial charge in [0.15, 0.2) is 0 Å². The zero-order valence-corrected chi connectivity index (χ0v) is 23.1. The average Bonchev–Trinajstić information content (AvgIpc) is 3.38. The molecule has 0 radical (unpaired) electrons. The Morgan fingerprint density at radius 2 is 1.13 bits per heavy atom. The van der Waals surface area contributed by atoms with E-state index >= 15 is 0 Å². The number of fused-ring (bicyclic) bond motifs is 2. The molecule has 0 aromatic heterocycles. The second kappa shape index (κ2) is 8.46. The van der Waals surface area contributed by atoms with Gasteiger partial charge in [0, 0.05) is 0 Å². The fraction of sp³-hybridized carbons (Fsp3) is 1.00. The minimum Gasteiger partial charge on any atom is -0.0689 e. The molecule has 0 nitrogen and oxygen atoms in total. The molecule has 11 unspecified atom stereocenters. The summed E-state index contributed by atoms with van der Waals surface area (Å²) in [4.78, 5) is 0. The molecule has 0 aromatic carbocycles. The lowest BCUT2D eigenvalue weighted by Gasteiger charge is -2.51. The molecule has 31 heavy (non-hydrogen) atoms. The predicted octanol–water partition coefficient (Wildman–Crippen LogP) is 9.28. The lowest BCUT2D eigenvalue weighted by Crippen LogP contribution is -2.48. The van der Waals surface area contributed by atoms with Gasteiger partial charge in [-0.3, -0.25) is 0 Å². The molecular weight excluding hydrogens is 388 g/mol. The zero-order valence-electron chi connectivity index (χ0n) is 22.1. The molecule has 0 aliphatic heterocycles.